The molecule has 0 bridgehead atoms. The van der Waals surface area contributed by atoms with Crippen LogP contribution in [-0.2, 0) is 78.6 Å². The molecule has 2 radical (unpaired) electrons. The average molecular weight is 656 g/mol. The first-order chi connectivity index (χ1) is 17.1. The van der Waals surface area contributed by atoms with Crippen LogP contribution in [0.1, 0.15) is 44.4 Å². The molecule has 0 unspecified atom stereocenters. The fourth-order valence-electron chi connectivity index (χ4n) is 3.47. The fourth-order valence-corrected chi connectivity index (χ4v) is 3.47. The van der Waals surface area contributed by atoms with Crippen LogP contribution in [0, 0.1) is 19.1 Å². The smallest absolute Gasteiger partial charge is 0.126 e. The first-order valence-corrected chi connectivity index (χ1v) is 12.0. The quantitative estimate of drug-likeness (QED) is 0.189. The van der Waals surface area contributed by atoms with Crippen molar-refractivity contribution < 1.29 is 93.8 Å². The van der Waals surface area contributed by atoms with Gasteiger partial charge in [-0.25, -0.2) is 0 Å². The summed E-state index contributed by atoms with van der Waals surface area (Å²) in [6.45, 7) is 12.7. The van der Waals surface area contributed by atoms with E-state index in [1.54, 1.807) is 0 Å². The first-order valence-electron chi connectivity index (χ1n) is 12.0. The number of hydrogen-bond acceptors (Lipinski definition) is 6. The van der Waals surface area contributed by atoms with Crippen molar-refractivity contribution in [1.29, 1.82) is 0 Å². The number of rotatable bonds is 14. The molecule has 8 heteroatoms. The Morgan fingerprint density at radius 2 is 0.865 bits per heavy atom. The van der Waals surface area contributed by atoms with Crippen LogP contribution in [0.5, 0.6) is 34.5 Å². The van der Waals surface area contributed by atoms with Gasteiger partial charge >= 0.3 is 0 Å². The van der Waals surface area contributed by atoms with Crippen molar-refractivity contribution >= 4 is 0 Å². The van der Waals surface area contributed by atoms with Gasteiger partial charge < -0.3 is 28.4 Å². The maximum Gasteiger partial charge on any atom is 0.126 e. The summed E-state index contributed by atoms with van der Waals surface area (Å²) < 4.78 is 34.7. The minimum Gasteiger partial charge on any atom is -0.520 e. The van der Waals surface area contributed by atoms with Crippen molar-refractivity contribution in [3.05, 3.63) is 71.3 Å². The molecule has 194 valence electrons. The minimum atomic E-state index is 0. The van der Waals surface area contributed by atoms with Crippen molar-refractivity contribution in [3.63, 3.8) is 0 Å². The molecule has 0 aromatic heterocycles. The molecule has 0 N–H and O–H groups in total. The zero-order valence-electron chi connectivity index (χ0n) is 22.4. The third-order valence-electron chi connectivity index (χ3n) is 4.98. The van der Waals surface area contributed by atoms with E-state index in [9.17, 15) is 0 Å². The van der Waals surface area contributed by atoms with Crippen LogP contribution in [0.2, 0.25) is 0 Å². The topological polar surface area (TPSA) is 55.4 Å². The van der Waals surface area contributed by atoms with Gasteiger partial charge in [-0.15, -0.1) is 35.4 Å². The van der Waals surface area contributed by atoms with E-state index < -0.39 is 0 Å². The van der Waals surface area contributed by atoms with Gasteiger partial charge in [-0.2, -0.15) is 0 Å². The van der Waals surface area contributed by atoms with Gasteiger partial charge in [0.2, 0.25) is 0 Å². The molecule has 3 aromatic carbocycles. The van der Waals surface area contributed by atoms with Gasteiger partial charge in [-0.05, 0) is 46.8 Å². The van der Waals surface area contributed by atoms with E-state index in [1.165, 1.54) is 0 Å². The van der Waals surface area contributed by atoms with Crippen LogP contribution in [0.3, 0.4) is 0 Å². The Morgan fingerprint density at radius 1 is 0.541 bits per heavy atom. The molecule has 0 aliphatic carbocycles. The van der Waals surface area contributed by atoms with Gasteiger partial charge in [0.05, 0.1) is 39.6 Å². The summed E-state index contributed by atoms with van der Waals surface area (Å²) >= 11 is 0. The predicted octanol–water partition coefficient (Wildman–Crippen LogP) is 6.34. The molecule has 0 amide bonds. The molecule has 0 spiro atoms. The molecule has 0 saturated heterocycles. The number of hydrogen-bond donors (Lipinski definition) is 0. The Bertz CT molecular complexity index is 960. The summed E-state index contributed by atoms with van der Waals surface area (Å²) in [6, 6.07) is 19.7. The van der Waals surface area contributed by atoms with Gasteiger partial charge in [0.1, 0.15) is 11.5 Å². The third kappa shape index (κ3) is 10.7. The van der Waals surface area contributed by atoms with Gasteiger partial charge in [0.25, 0.3) is 0 Å². The molecule has 3 rings (SSSR count). The maximum absolute atomic E-state index is 6.13. The average Bonchev–Trinajstić information content (AvgIpc) is 2.83. The fraction of sp³-hybridized carbons (Fsp3) is 0.379. The summed E-state index contributed by atoms with van der Waals surface area (Å²) in [7, 11) is 0. The van der Waals surface area contributed by atoms with Crippen molar-refractivity contribution in [2.75, 3.05) is 26.4 Å². The van der Waals surface area contributed by atoms with E-state index >= 15 is 0 Å². The van der Waals surface area contributed by atoms with Crippen LogP contribution >= 0.6 is 0 Å². The summed E-state index contributed by atoms with van der Waals surface area (Å²) in [5, 5.41) is 0. The Labute approximate surface area is 271 Å². The van der Waals surface area contributed by atoms with Crippen molar-refractivity contribution in [1.82, 2.24) is 0 Å². The van der Waals surface area contributed by atoms with Crippen LogP contribution in [0.25, 0.3) is 0 Å². The molecule has 0 fully saturated rings. The number of benzene rings is 3. The second kappa shape index (κ2) is 18.0. The predicted molar refractivity (Wildman–Crippen MR) is 135 cm³/mol. The van der Waals surface area contributed by atoms with Crippen LogP contribution in [0.4, 0.5) is 0 Å². The Kier molecular flexibility index (Phi) is 16.4. The van der Waals surface area contributed by atoms with Crippen molar-refractivity contribution in [3.8, 4) is 34.5 Å². The molecule has 0 aliphatic heterocycles. The molecule has 0 saturated carbocycles. The van der Waals surface area contributed by atoms with E-state index in [0.29, 0.717) is 62.6 Å². The molecule has 6 nitrogen and oxygen atoms in total. The second-order valence-corrected chi connectivity index (χ2v) is 7.62. The molecule has 0 aliphatic rings. The Morgan fingerprint density at radius 3 is 1.16 bits per heavy atom. The van der Waals surface area contributed by atoms with Crippen molar-refractivity contribution in [2.45, 2.75) is 47.8 Å². The summed E-state index contributed by atoms with van der Waals surface area (Å²) in [6.07, 6.45) is 0. The van der Waals surface area contributed by atoms with E-state index in [0.717, 1.165) is 28.2 Å². The molecular weight excluding hydrogens is 622 g/mol. The van der Waals surface area contributed by atoms with Gasteiger partial charge in [-0.1, -0.05) is 18.2 Å². The van der Waals surface area contributed by atoms with E-state index in [4.69, 9.17) is 28.4 Å². The van der Waals surface area contributed by atoms with Crippen LogP contribution in [-0.4, -0.2) is 26.4 Å². The third-order valence-corrected chi connectivity index (χ3v) is 4.98. The first kappa shape index (κ1) is 33.7. The molecule has 0 heterocycles. The van der Waals surface area contributed by atoms with Gasteiger partial charge in [-0.3, -0.25) is 0 Å². The summed E-state index contributed by atoms with van der Waals surface area (Å²) in [5.74, 6) is 4.07. The number of ether oxygens (including phenoxy) is 6. The van der Waals surface area contributed by atoms with Crippen LogP contribution in [0.15, 0.2) is 42.5 Å². The zero-order chi connectivity index (χ0) is 25.0. The zero-order valence-corrected chi connectivity index (χ0v) is 28.1. The maximum atomic E-state index is 6.13. The monoisotopic (exact) mass is 656 g/mol. The largest absolute Gasteiger partial charge is 0.520 e. The summed E-state index contributed by atoms with van der Waals surface area (Å²) in [5.41, 5.74) is 2.80. The summed E-state index contributed by atoms with van der Waals surface area (Å²) in [4.78, 5) is 0. The molecule has 37 heavy (non-hydrogen) atoms. The van der Waals surface area contributed by atoms with E-state index in [1.807, 2.05) is 77.1 Å². The SMILES string of the molecule is CCOc1[c-]c(OCC)cc(COc2cccc(OCc3cc(OCC)[c-]c(OCC)c3)c2C)c1.[Y].[Y]. The minimum absolute atomic E-state index is 0. The van der Waals surface area contributed by atoms with Crippen molar-refractivity contribution in [2.24, 2.45) is 0 Å². The normalized spacial score (nSPS) is 9.97. The van der Waals surface area contributed by atoms with Crippen LogP contribution < -0.4 is 28.4 Å². The van der Waals surface area contributed by atoms with Gasteiger partial charge in [0.15, 0.2) is 0 Å². The molecule has 3 aromatic rings. The van der Waals surface area contributed by atoms with E-state index in [-0.39, 0.29) is 65.4 Å². The van der Waals surface area contributed by atoms with Gasteiger partial charge in [0, 0.05) is 94.0 Å². The second-order valence-electron chi connectivity index (χ2n) is 7.62. The molecule has 0 atom stereocenters. The standard InChI is InChI=1S/C29H34O6.2Y/c1-6-30-24-13-22(14-25(17-24)31-7-2)19-34-28-11-10-12-29(21(28)5)35-20-23-15-26(32-8-3)18-27(16-23)33-9-4;;/h10-16H,6-9,19-20H2,1-5H3;;/q-2;;. The Hall–Kier alpha value is -1.33. The molecular formula is C29H34O6Y2-2. The van der Waals surface area contributed by atoms with E-state index in [2.05, 4.69) is 12.1 Å². The Balaban J connectivity index is 0.00000342.